The Morgan fingerprint density at radius 3 is 1.62 bits per heavy atom. The van der Waals surface area contributed by atoms with Gasteiger partial charge >= 0.3 is 12.8 Å². The maximum Gasteiger partial charge on any atom is 0.496 e. The molecule has 2 aliphatic carbocycles. The molecule has 0 radical (unpaired) electrons. The molecule has 1 aliphatic heterocycles. The van der Waals surface area contributed by atoms with Gasteiger partial charge in [-0.25, -0.2) is 28.7 Å². The van der Waals surface area contributed by atoms with Gasteiger partial charge in [0.2, 0.25) is 11.8 Å². The van der Waals surface area contributed by atoms with Gasteiger partial charge in [0.15, 0.2) is 41.3 Å². The maximum absolute atomic E-state index is 13.0. The summed E-state index contributed by atoms with van der Waals surface area (Å²) in [5.41, 5.74) is 17.4. The third-order valence-electron chi connectivity index (χ3n) is 15.7. The van der Waals surface area contributed by atoms with Gasteiger partial charge < -0.3 is 58.6 Å². The number of rotatable bonds is 7. The molecular weight excluding hydrogens is 1470 g/mol. The number of fused-ring (bicyclic) bond motifs is 4. The Kier molecular flexibility index (Phi) is 21.2. The molecule has 4 atom stereocenters. The number of alkyl halides is 2. The third kappa shape index (κ3) is 16.2. The normalized spacial score (nSPS) is 17.1. The number of nitrogen functional groups attached to an aromatic ring is 1. The van der Waals surface area contributed by atoms with Crippen LogP contribution in [0.2, 0.25) is 0 Å². The number of benzene rings is 5. The van der Waals surface area contributed by atoms with Crippen LogP contribution < -0.4 is 21.8 Å². The van der Waals surface area contributed by atoms with E-state index >= 15 is 0 Å². The molecule has 11 aromatic rings. The van der Waals surface area contributed by atoms with E-state index in [2.05, 4.69) is 94.3 Å². The first-order chi connectivity index (χ1) is 43.9. The van der Waals surface area contributed by atoms with E-state index in [0.29, 0.717) is 51.7 Å². The fourth-order valence-electron chi connectivity index (χ4n) is 9.19. The number of aromatic nitrogens is 6. The van der Waals surface area contributed by atoms with Crippen LogP contribution in [-0.2, 0) is 18.9 Å². The summed E-state index contributed by atoms with van der Waals surface area (Å²) in [5, 5.41) is 42.8. The Morgan fingerprint density at radius 1 is 0.634 bits per heavy atom. The fourth-order valence-corrected chi connectivity index (χ4v) is 10.8. The van der Waals surface area contributed by atoms with Gasteiger partial charge in [-0.15, -0.1) is 0 Å². The van der Waals surface area contributed by atoms with E-state index in [1.807, 2.05) is 127 Å². The summed E-state index contributed by atoms with van der Waals surface area (Å²) in [6.07, 6.45) is 8.68. The minimum Gasteiger partial charge on any atom is -0.508 e. The smallest absolute Gasteiger partial charge is 0.496 e. The van der Waals surface area contributed by atoms with Crippen LogP contribution in [0.5, 0.6) is 17.2 Å². The fraction of sp³-hybridized carbons (Fsp3) is 0.262. The number of aryl methyl sites for hydroxylation is 5. The first-order valence-electron chi connectivity index (χ1n) is 28.8. The minimum absolute atomic E-state index is 0.123. The number of carbonyl (C=O) groups is 2. The summed E-state index contributed by atoms with van der Waals surface area (Å²) in [6, 6.07) is 26.9. The summed E-state index contributed by atoms with van der Waals surface area (Å²) >= 11 is 13.0. The summed E-state index contributed by atoms with van der Waals surface area (Å²) in [6.45, 7) is 17.7. The van der Waals surface area contributed by atoms with Gasteiger partial charge in [-0.05, 0) is 211 Å². The lowest BCUT2D eigenvalue weighted by atomic mass is 9.80. The predicted octanol–water partition coefficient (Wildman–Crippen LogP) is 15.5. The van der Waals surface area contributed by atoms with Crippen molar-refractivity contribution >= 4 is 145 Å². The molecule has 5 aromatic carbocycles. The van der Waals surface area contributed by atoms with Gasteiger partial charge in [0.05, 0.1) is 50.5 Å². The van der Waals surface area contributed by atoms with Gasteiger partial charge in [0.25, 0.3) is 0 Å². The highest BCUT2D eigenvalue weighted by atomic mass is 79.9. The highest BCUT2D eigenvalue weighted by Crippen LogP contribution is 2.40. The van der Waals surface area contributed by atoms with E-state index in [1.165, 1.54) is 24.4 Å². The monoisotopic (exact) mass is 1520 g/mol. The van der Waals surface area contributed by atoms with Crippen molar-refractivity contribution in [3.63, 3.8) is 0 Å². The lowest BCUT2D eigenvalue weighted by Gasteiger charge is -2.32. The Bertz CT molecular complexity index is 4580. The number of pyridine rings is 2. The second kappa shape index (κ2) is 28.5. The van der Waals surface area contributed by atoms with Crippen molar-refractivity contribution in [3.05, 3.63) is 184 Å². The Hall–Kier alpha value is -8.28. The van der Waals surface area contributed by atoms with E-state index in [9.17, 15) is 28.5 Å². The number of hydrogen-bond acceptors (Lipinski definition) is 16. The molecular formula is C65H63BBr4F2N10O11. The molecule has 21 nitrogen and oxygen atoms in total. The van der Waals surface area contributed by atoms with Gasteiger partial charge in [-0.3, -0.25) is 19.7 Å². The average Bonchev–Trinajstić information content (AvgIpc) is 1.64. The van der Waals surface area contributed by atoms with Crippen LogP contribution in [0.1, 0.15) is 68.4 Å². The lowest BCUT2D eigenvalue weighted by Crippen LogP contribution is -2.41. The van der Waals surface area contributed by atoms with E-state index in [-0.39, 0.29) is 29.0 Å². The largest absolute Gasteiger partial charge is 0.508 e. The molecule has 3 fully saturated rings. The molecule has 0 spiro atoms. The van der Waals surface area contributed by atoms with Crippen LogP contribution in [0.4, 0.5) is 31.8 Å². The number of phenols is 3. The number of nitro groups is 1. The molecule has 2 saturated carbocycles. The number of halogens is 6. The zero-order valence-electron chi connectivity index (χ0n) is 51.5. The maximum atomic E-state index is 13.0. The molecule has 6 aromatic heterocycles. The van der Waals surface area contributed by atoms with Crippen LogP contribution in [-0.4, -0.2) is 91.5 Å². The Labute approximate surface area is 566 Å². The Balaban J connectivity index is 0.000000140. The molecule has 3 aliphatic rings. The van der Waals surface area contributed by atoms with Gasteiger partial charge in [-0.2, -0.15) is 0 Å². The first kappa shape index (κ1) is 69.1. The van der Waals surface area contributed by atoms with Crippen molar-refractivity contribution in [1.29, 1.82) is 0 Å². The van der Waals surface area contributed by atoms with Crippen molar-refractivity contribution in [2.45, 2.75) is 98.7 Å². The van der Waals surface area contributed by atoms with Gasteiger partial charge in [0.1, 0.15) is 50.6 Å². The second-order valence-electron chi connectivity index (χ2n) is 23.2. The molecule has 0 unspecified atom stereocenters. The summed E-state index contributed by atoms with van der Waals surface area (Å²) in [4.78, 5) is 50.6. The number of amides is 2. The van der Waals surface area contributed by atoms with Crippen LogP contribution in [0, 0.1) is 56.6 Å². The van der Waals surface area contributed by atoms with Crippen molar-refractivity contribution in [2.24, 2.45) is 11.8 Å². The van der Waals surface area contributed by atoms with Crippen molar-refractivity contribution in [1.82, 2.24) is 28.7 Å². The number of nitrogens with one attached hydrogen (secondary N) is 2. The molecule has 93 heavy (non-hydrogen) atoms. The topological polar surface area (TPSA) is 293 Å². The van der Waals surface area contributed by atoms with E-state index in [0.717, 1.165) is 74.5 Å². The van der Waals surface area contributed by atoms with Crippen molar-refractivity contribution in [2.75, 3.05) is 16.4 Å². The number of anilines is 3. The summed E-state index contributed by atoms with van der Waals surface area (Å²) in [5.74, 6) is -0.778. The molecule has 14 rings (SSSR count). The van der Waals surface area contributed by atoms with Crippen LogP contribution in [0.3, 0.4) is 0 Å². The number of carbonyl (C=O) groups excluding carboxylic acids is 2. The number of nitrogens with two attached hydrogens (primary N) is 1. The molecule has 7 heterocycles. The Morgan fingerprint density at radius 2 is 1.11 bits per heavy atom. The zero-order valence-corrected chi connectivity index (χ0v) is 57.9. The average molecular weight is 1530 g/mol. The number of nitrogens with zero attached hydrogens (tertiary/aromatic N) is 7. The number of nitro benzene ring substituents is 1. The standard InChI is InChI=1S/C19H15FN4O2.C17H21BFN3O3.C8H6BrNO.C7H6BrNO3.C7H8BrNO.C7H7BrO/c1-10-2-4-14-18(21-9-26-14)17(10)11-3-5-16-22-15(8-24(16)7-11)23-19(25)12-6-13(12)20;1-16(2)17(3,4)25-18(24-16)10-5-6-14-20-13(9-22(14)8-10)21-15(23)11-7-12(11)19;1-5-2-3-6-8(7(5)9)10-4-11-6;1-4-2-3-5(10)7(6(4)8)9(11)12;1-4-2-3-5(10)7(9)6(4)8;1-5-2-3-6(9)4-7(5)8/h2-5,7-9,12-13H,6H2,1H3,(H,23,25);5-6,8-9,11-12H,7H2,1-4H3,(H,21,23);2-4H,1H3;2-3,10H,1H3;2-3,10H,9H2,1H3;2-4,9H,1H3/t12-,13+;11-,12+;;;;/m11..../s1. The first-order valence-corrected chi connectivity index (χ1v) is 31.9. The quantitative estimate of drug-likeness (QED) is 0.0284. The third-order valence-corrected chi connectivity index (χ3v) is 19.6. The summed E-state index contributed by atoms with van der Waals surface area (Å²) in [7, 11) is -0.464. The molecule has 28 heteroatoms. The van der Waals surface area contributed by atoms with E-state index < -0.39 is 47.4 Å². The highest BCUT2D eigenvalue weighted by molar-refractivity contribution is 9.11. The number of oxazole rings is 2. The number of hydrogen-bond donors (Lipinski definition) is 6. The molecule has 484 valence electrons. The zero-order chi connectivity index (χ0) is 67.5. The highest BCUT2D eigenvalue weighted by Gasteiger charge is 2.52. The molecule has 0 bridgehead atoms. The van der Waals surface area contributed by atoms with E-state index in [1.54, 1.807) is 54.0 Å². The number of phenolic OH excluding ortho intramolecular Hbond substituents is 3. The van der Waals surface area contributed by atoms with Crippen LogP contribution in [0.25, 0.3) is 44.6 Å². The van der Waals surface area contributed by atoms with Crippen molar-refractivity contribution < 1.29 is 56.8 Å². The van der Waals surface area contributed by atoms with Crippen LogP contribution >= 0.6 is 63.7 Å². The summed E-state index contributed by atoms with van der Waals surface area (Å²) < 4.78 is 55.3. The lowest BCUT2D eigenvalue weighted by molar-refractivity contribution is -0.386. The molecule has 7 N–H and O–H groups in total. The van der Waals surface area contributed by atoms with Crippen molar-refractivity contribution in [3.8, 4) is 28.4 Å². The predicted molar refractivity (Wildman–Crippen MR) is 366 cm³/mol. The SMILES string of the molecule is CC1(C)OB(c2ccc3nc(NC(=O)[C@@H]4C[C@@H]4F)cn3c2)OC1(C)C.Cc1ccc(O)c(N)c1Br.Cc1ccc(O)c([N+](=O)[O-])c1Br.Cc1ccc(O)cc1Br.Cc1ccc2ocnc2c1-c1ccc2nc(NC(=O)[C@@H]3C[C@@H]3F)cn2c1.Cc1ccc2ocnc2c1Br. The minimum atomic E-state index is -1.02. The molecule has 1 saturated heterocycles. The second-order valence-corrected chi connectivity index (χ2v) is 26.4. The van der Waals surface area contributed by atoms with Crippen LogP contribution in [0.15, 0.2) is 155 Å². The van der Waals surface area contributed by atoms with Gasteiger partial charge in [0, 0.05) is 32.5 Å². The molecule has 2 amide bonds. The number of aromatic hydroxyl groups is 3. The number of imidazole rings is 2. The van der Waals surface area contributed by atoms with Gasteiger partial charge in [-0.1, -0.05) is 52.3 Å². The van der Waals surface area contributed by atoms with E-state index in [4.69, 9.17) is 39.2 Å².